The number of halogens is 18. The van der Waals surface area contributed by atoms with Crippen molar-refractivity contribution in [3.05, 3.63) is 0 Å². The normalized spacial score (nSPS) is 18.3. The van der Waals surface area contributed by atoms with Crippen molar-refractivity contribution >= 4 is 10.0 Å². The molecular weight excluding hydrogens is 552 g/mol. The van der Waals surface area contributed by atoms with Crippen LogP contribution in [0.15, 0.2) is 0 Å². The zero-order valence-corrected chi connectivity index (χ0v) is 16.0. The van der Waals surface area contributed by atoms with Crippen LogP contribution in [0.2, 0.25) is 0 Å². The summed E-state index contributed by atoms with van der Waals surface area (Å²) in [7, 11) is -8.39. The summed E-state index contributed by atoms with van der Waals surface area (Å²) in [6.45, 7) is -1.60. The average Bonchev–Trinajstić information content (AvgIpc) is 2.59. The maximum Gasteiger partial charge on any atom is 0.467 e. The summed E-state index contributed by atoms with van der Waals surface area (Å²) in [5, 5.41) is -7.86. The zero-order chi connectivity index (χ0) is 27.7. The number of quaternary nitrogens is 1. The number of hydrogen-bond donors (Lipinski definition) is 0. The van der Waals surface area contributed by atoms with Crippen molar-refractivity contribution in [1.29, 1.82) is 0 Å². The van der Waals surface area contributed by atoms with Gasteiger partial charge in [0.25, 0.3) is 0 Å². The van der Waals surface area contributed by atoms with Gasteiger partial charge in [-0.1, -0.05) is 0 Å². The van der Waals surface area contributed by atoms with Gasteiger partial charge in [-0.2, -0.15) is 83.1 Å². The molecule has 0 heterocycles. The Kier molecular flexibility index (Phi) is 7.26. The fourth-order valence-corrected chi connectivity index (χ4v) is 2.99. The fourth-order valence-electron chi connectivity index (χ4n) is 1.72. The average molecular weight is 560 g/mol. The topological polar surface area (TPSA) is 34.1 Å². The molecule has 0 aliphatic heterocycles. The molecule has 0 aromatic rings. The number of alkyl halides is 17. The van der Waals surface area contributed by atoms with Crippen LogP contribution in [0.25, 0.3) is 0 Å². The van der Waals surface area contributed by atoms with Gasteiger partial charge in [0.05, 0.1) is 0 Å². The molecule has 22 heteroatoms. The van der Waals surface area contributed by atoms with Crippen molar-refractivity contribution in [3.63, 3.8) is 0 Å². The molecule has 1 unspecified atom stereocenters. The quantitative estimate of drug-likeness (QED) is 0.271. The smallest absolute Gasteiger partial charge is 0.192 e. The van der Waals surface area contributed by atoms with Gasteiger partial charge < -0.3 is 0 Å². The molecular formula is C11H8F18NO2S+. The largest absolute Gasteiger partial charge is 0.467 e. The van der Waals surface area contributed by atoms with Crippen LogP contribution < -0.4 is 0 Å². The van der Waals surface area contributed by atoms with Gasteiger partial charge in [-0.3, -0.25) is 0 Å². The van der Waals surface area contributed by atoms with Crippen LogP contribution in [-0.4, -0.2) is 73.1 Å². The van der Waals surface area contributed by atoms with Crippen LogP contribution in [0.5, 0.6) is 0 Å². The third-order valence-electron chi connectivity index (χ3n) is 4.08. The lowest BCUT2D eigenvalue weighted by Gasteiger charge is -2.42. The number of nitrogens with zero attached hydrogens (tertiary/aromatic N) is 1. The third-order valence-corrected chi connectivity index (χ3v) is 6.25. The van der Waals surface area contributed by atoms with E-state index in [0.717, 1.165) is 0 Å². The molecule has 0 saturated carbocycles. The summed E-state index contributed by atoms with van der Waals surface area (Å²) in [5.74, 6) is -52.2. The molecule has 0 rings (SSSR count). The second kappa shape index (κ2) is 7.57. The molecule has 0 N–H and O–H groups in total. The Morgan fingerprint density at radius 1 is 0.545 bits per heavy atom. The number of rotatable bonds is 9. The molecule has 0 fully saturated rings. The maximum atomic E-state index is 13.6. The van der Waals surface area contributed by atoms with Crippen molar-refractivity contribution in [2.75, 3.05) is 13.6 Å². The number of hydrogen-bond acceptors (Lipinski definition) is 2. The Morgan fingerprint density at radius 3 is 1.03 bits per heavy atom. The van der Waals surface area contributed by atoms with E-state index in [0.29, 0.717) is 0 Å². The van der Waals surface area contributed by atoms with Gasteiger partial charge in [0.2, 0.25) is 0 Å². The molecule has 0 radical (unpaired) electrons. The van der Waals surface area contributed by atoms with E-state index in [4.69, 9.17) is 0 Å². The van der Waals surface area contributed by atoms with Crippen LogP contribution >= 0.6 is 0 Å². The molecule has 1 atom stereocenters. The summed E-state index contributed by atoms with van der Waals surface area (Å²) in [5.41, 5.74) is 0. The van der Waals surface area contributed by atoms with Crippen LogP contribution in [-0.2, 0) is 10.0 Å². The first-order chi connectivity index (χ1) is 13.8. The molecule has 0 amide bonds. The van der Waals surface area contributed by atoms with Crippen molar-refractivity contribution in [2.24, 2.45) is 0 Å². The summed E-state index contributed by atoms with van der Waals surface area (Å²) >= 11 is 0. The lowest BCUT2D eigenvalue weighted by Crippen LogP contribution is -2.75. The summed E-state index contributed by atoms with van der Waals surface area (Å²) in [6.07, 6.45) is -7.91. The predicted molar refractivity (Wildman–Crippen MR) is 67.4 cm³/mol. The molecule has 200 valence electrons. The first-order valence-electron chi connectivity index (χ1n) is 7.32. The highest BCUT2D eigenvalue weighted by Crippen LogP contribution is 2.64. The maximum absolute atomic E-state index is 13.6. The minimum Gasteiger partial charge on any atom is -0.192 e. The van der Waals surface area contributed by atoms with Crippen LogP contribution in [0, 0.1) is 0 Å². The van der Waals surface area contributed by atoms with E-state index in [1.165, 1.54) is 0 Å². The van der Waals surface area contributed by atoms with E-state index < -0.39 is 74.7 Å². The van der Waals surface area contributed by atoms with E-state index in [1.54, 1.807) is 0 Å². The minimum absolute atomic E-state index is 0.256. The Hall–Kier alpha value is -1.35. The second-order valence-electron chi connectivity index (χ2n) is 6.24. The molecule has 0 aliphatic carbocycles. The highest BCUT2D eigenvalue weighted by Gasteiger charge is 2.97. The number of sulfonamides is 1. The summed E-state index contributed by atoms with van der Waals surface area (Å²) in [6, 6.07) is 0. The minimum atomic E-state index is -8.94. The predicted octanol–water partition coefficient (Wildman–Crippen LogP) is 5.63. The van der Waals surface area contributed by atoms with E-state index in [9.17, 15) is 87.5 Å². The van der Waals surface area contributed by atoms with Crippen molar-refractivity contribution < 1.29 is 91.6 Å². The first kappa shape index (κ1) is 31.6. The molecule has 3 nitrogen and oxygen atoms in total. The van der Waals surface area contributed by atoms with Gasteiger partial charge in [-0.15, -0.1) is 0 Å². The molecule has 0 bridgehead atoms. The van der Waals surface area contributed by atoms with Crippen LogP contribution in [0.1, 0.15) is 6.92 Å². The molecule has 0 aromatic carbocycles. The van der Waals surface area contributed by atoms with Crippen molar-refractivity contribution in [3.8, 4) is 0 Å². The fraction of sp³-hybridized carbons (Fsp3) is 1.00. The molecule has 0 saturated heterocycles. The zero-order valence-electron chi connectivity index (χ0n) is 15.2. The van der Waals surface area contributed by atoms with E-state index in [-0.39, 0.29) is 6.92 Å². The van der Waals surface area contributed by atoms with E-state index >= 15 is 0 Å². The highest BCUT2D eigenvalue weighted by molar-refractivity contribution is 7.87. The summed E-state index contributed by atoms with van der Waals surface area (Å²) in [4.78, 5) is 0. The Morgan fingerprint density at radius 2 is 0.788 bits per heavy atom. The van der Waals surface area contributed by atoms with Gasteiger partial charge in [0, 0.05) is 4.48 Å². The molecule has 0 aromatic heterocycles. The Labute approximate surface area is 170 Å². The molecule has 33 heavy (non-hydrogen) atoms. The van der Waals surface area contributed by atoms with Crippen LogP contribution in [0.4, 0.5) is 79.1 Å². The lowest BCUT2D eigenvalue weighted by molar-refractivity contribution is -0.932. The first-order valence-corrected chi connectivity index (χ1v) is 8.76. The van der Waals surface area contributed by atoms with E-state index in [1.807, 2.05) is 0 Å². The standard InChI is InChI=1S/C11H8F18NO2S/c1-3-30(2,29)33(31,32)11(27,28)9(22,23)7(18,19)5(14,15)4(12,13)6(16,17)8(20,21)10(24,25)26/h3H2,1-2H3/q+1. The highest BCUT2D eigenvalue weighted by atomic mass is 32.2. The van der Waals surface area contributed by atoms with Crippen molar-refractivity contribution in [2.45, 2.75) is 53.9 Å². The Bertz CT molecular complexity index is 842. The lowest BCUT2D eigenvalue weighted by atomic mass is 9.91. The Balaban J connectivity index is 7.10. The third kappa shape index (κ3) is 3.68. The van der Waals surface area contributed by atoms with Gasteiger partial charge in [0.15, 0.2) is 0 Å². The molecule has 0 spiro atoms. The van der Waals surface area contributed by atoms with Crippen molar-refractivity contribution in [1.82, 2.24) is 0 Å². The monoisotopic (exact) mass is 560 g/mol. The van der Waals surface area contributed by atoms with Crippen LogP contribution in [0.3, 0.4) is 0 Å². The SMILES string of the molecule is CC[N+](C)(F)S(=O)(=O)C(F)(F)C(F)(F)C(F)(F)C(F)(F)C(F)(F)C(F)(F)C(F)(F)C(F)(F)F. The van der Waals surface area contributed by atoms with Gasteiger partial charge in [0.1, 0.15) is 13.6 Å². The van der Waals surface area contributed by atoms with Gasteiger partial charge >= 0.3 is 57.0 Å². The van der Waals surface area contributed by atoms with Gasteiger partial charge in [-0.25, -0.2) is 0 Å². The van der Waals surface area contributed by atoms with E-state index in [2.05, 4.69) is 0 Å². The summed E-state index contributed by atoms with van der Waals surface area (Å²) < 4.78 is 254. The second-order valence-corrected chi connectivity index (χ2v) is 8.46. The molecule has 0 aliphatic rings. The van der Waals surface area contributed by atoms with Gasteiger partial charge in [-0.05, 0) is 11.0 Å².